The molecule has 0 atom stereocenters. The molecular formula is C11H12N2O2. The number of allylic oxidation sites excluding steroid dienone is 1. The van der Waals surface area contributed by atoms with Crippen molar-refractivity contribution in [3.05, 3.63) is 45.1 Å². The molecule has 0 amide bonds. The molecular weight excluding hydrogens is 192 g/mol. The van der Waals surface area contributed by atoms with Crippen molar-refractivity contribution < 1.29 is 4.92 Å². The lowest BCUT2D eigenvalue weighted by atomic mass is 10.1. The third kappa shape index (κ3) is 1.70. The minimum Gasteiger partial charge on any atom is -0.381 e. The summed E-state index contributed by atoms with van der Waals surface area (Å²) < 4.78 is 0. The zero-order chi connectivity index (χ0) is 11.0. The molecule has 1 aliphatic rings. The molecule has 4 nitrogen and oxygen atoms in total. The molecule has 78 valence electrons. The predicted octanol–water partition coefficient (Wildman–Crippen LogP) is 2.05. The maximum atomic E-state index is 10.6. The van der Waals surface area contributed by atoms with E-state index in [4.69, 9.17) is 0 Å². The van der Waals surface area contributed by atoms with E-state index < -0.39 is 0 Å². The van der Waals surface area contributed by atoms with Crippen LogP contribution in [0.25, 0.3) is 6.08 Å². The normalized spacial score (nSPS) is 13.3. The molecule has 4 heteroatoms. The molecule has 1 aromatic carbocycles. The number of likely N-dealkylation sites (N-methyl/N-ethyl adjacent to an activating group) is 1. The number of benzene rings is 1. The van der Waals surface area contributed by atoms with Crippen molar-refractivity contribution in [1.82, 2.24) is 4.90 Å². The van der Waals surface area contributed by atoms with Gasteiger partial charge in [-0.25, -0.2) is 0 Å². The molecule has 0 saturated carbocycles. The Kier molecular flexibility index (Phi) is 2.19. The van der Waals surface area contributed by atoms with Gasteiger partial charge in [-0.15, -0.1) is 0 Å². The average Bonchev–Trinajstić information content (AvgIpc) is 2.59. The molecule has 0 aromatic heterocycles. The fraction of sp³-hybridized carbons (Fsp3) is 0.273. The van der Waals surface area contributed by atoms with Crippen LogP contribution in [-0.2, 0) is 6.42 Å². The number of non-ortho nitro benzene ring substituents is 1. The summed E-state index contributed by atoms with van der Waals surface area (Å²) in [6.07, 6.45) is 2.86. The summed E-state index contributed by atoms with van der Waals surface area (Å²) in [5.41, 5.74) is 3.47. The first kappa shape index (κ1) is 9.71. The van der Waals surface area contributed by atoms with Gasteiger partial charge >= 0.3 is 0 Å². The first-order valence-corrected chi connectivity index (χ1v) is 4.73. The molecule has 0 heterocycles. The number of hydrogen-bond acceptors (Lipinski definition) is 3. The van der Waals surface area contributed by atoms with Gasteiger partial charge in [-0.2, -0.15) is 0 Å². The van der Waals surface area contributed by atoms with Crippen LogP contribution in [0.4, 0.5) is 5.69 Å². The van der Waals surface area contributed by atoms with Crippen molar-refractivity contribution in [1.29, 1.82) is 0 Å². The van der Waals surface area contributed by atoms with E-state index in [1.165, 1.54) is 5.70 Å². The maximum Gasteiger partial charge on any atom is 0.270 e. The van der Waals surface area contributed by atoms with Crippen molar-refractivity contribution >= 4 is 11.8 Å². The summed E-state index contributed by atoms with van der Waals surface area (Å²) in [5.74, 6) is 0. The Bertz CT molecular complexity index is 450. The molecule has 2 rings (SSSR count). The van der Waals surface area contributed by atoms with Gasteiger partial charge in [0.05, 0.1) is 4.92 Å². The van der Waals surface area contributed by atoms with E-state index in [0.29, 0.717) is 0 Å². The lowest BCUT2D eigenvalue weighted by Crippen LogP contribution is -2.10. The van der Waals surface area contributed by atoms with Crippen LogP contribution < -0.4 is 0 Å². The Morgan fingerprint density at radius 3 is 2.73 bits per heavy atom. The molecule has 0 radical (unpaired) electrons. The van der Waals surface area contributed by atoms with Crippen LogP contribution in [0.1, 0.15) is 11.1 Å². The van der Waals surface area contributed by atoms with Crippen LogP contribution in [0.5, 0.6) is 0 Å². The second-order valence-electron chi connectivity index (χ2n) is 3.85. The predicted molar refractivity (Wildman–Crippen MR) is 58.5 cm³/mol. The third-order valence-electron chi connectivity index (χ3n) is 2.61. The zero-order valence-electron chi connectivity index (χ0n) is 8.73. The second kappa shape index (κ2) is 3.38. The molecule has 0 saturated heterocycles. The summed E-state index contributed by atoms with van der Waals surface area (Å²) in [4.78, 5) is 12.3. The fourth-order valence-corrected chi connectivity index (χ4v) is 1.70. The van der Waals surface area contributed by atoms with Gasteiger partial charge in [0.15, 0.2) is 0 Å². The molecule has 0 unspecified atom stereocenters. The largest absolute Gasteiger partial charge is 0.381 e. The van der Waals surface area contributed by atoms with Crippen LogP contribution in [0, 0.1) is 10.1 Å². The highest BCUT2D eigenvalue weighted by Gasteiger charge is 2.16. The van der Waals surface area contributed by atoms with Gasteiger partial charge in [0.2, 0.25) is 0 Å². The highest BCUT2D eigenvalue weighted by molar-refractivity contribution is 5.65. The average molecular weight is 204 g/mol. The van der Waals surface area contributed by atoms with Crippen LogP contribution in [0.2, 0.25) is 0 Å². The Balaban J connectivity index is 2.39. The van der Waals surface area contributed by atoms with E-state index in [1.807, 2.05) is 31.1 Å². The van der Waals surface area contributed by atoms with Gasteiger partial charge in [0.25, 0.3) is 5.69 Å². The van der Waals surface area contributed by atoms with Gasteiger partial charge in [0, 0.05) is 38.3 Å². The smallest absolute Gasteiger partial charge is 0.270 e. The second-order valence-corrected chi connectivity index (χ2v) is 3.85. The molecule has 0 aliphatic heterocycles. The lowest BCUT2D eigenvalue weighted by Gasteiger charge is -2.12. The van der Waals surface area contributed by atoms with Gasteiger partial charge in [-0.1, -0.05) is 6.07 Å². The molecule has 0 spiro atoms. The number of nitro benzene ring substituents is 1. The number of nitrogens with zero attached hydrogens (tertiary/aromatic N) is 2. The molecule has 1 aliphatic carbocycles. The van der Waals surface area contributed by atoms with Gasteiger partial charge in [-0.3, -0.25) is 10.1 Å². The van der Waals surface area contributed by atoms with E-state index in [1.54, 1.807) is 12.1 Å². The molecule has 0 fully saturated rings. The Morgan fingerprint density at radius 2 is 2.13 bits per heavy atom. The van der Waals surface area contributed by atoms with Crippen molar-refractivity contribution in [3.63, 3.8) is 0 Å². The summed E-state index contributed by atoms with van der Waals surface area (Å²) >= 11 is 0. The highest BCUT2D eigenvalue weighted by atomic mass is 16.6. The summed E-state index contributed by atoms with van der Waals surface area (Å²) in [6, 6.07) is 5.03. The number of fused-ring (bicyclic) bond motifs is 1. The van der Waals surface area contributed by atoms with Crippen LogP contribution in [-0.4, -0.2) is 23.9 Å². The monoisotopic (exact) mass is 204 g/mol. The van der Waals surface area contributed by atoms with Crippen molar-refractivity contribution in [2.24, 2.45) is 0 Å². The quantitative estimate of drug-likeness (QED) is 0.547. The molecule has 1 aromatic rings. The number of hydrogen-bond donors (Lipinski definition) is 0. The van der Waals surface area contributed by atoms with Gasteiger partial charge in [-0.05, 0) is 17.2 Å². The first-order chi connectivity index (χ1) is 7.08. The summed E-state index contributed by atoms with van der Waals surface area (Å²) in [5, 5.41) is 10.6. The Hall–Kier alpha value is -1.84. The molecule has 0 bridgehead atoms. The lowest BCUT2D eigenvalue weighted by molar-refractivity contribution is -0.384. The number of nitro groups is 1. The molecule has 15 heavy (non-hydrogen) atoms. The van der Waals surface area contributed by atoms with E-state index in [9.17, 15) is 10.1 Å². The maximum absolute atomic E-state index is 10.6. The zero-order valence-corrected chi connectivity index (χ0v) is 8.73. The van der Waals surface area contributed by atoms with Crippen LogP contribution in [0.3, 0.4) is 0 Å². The van der Waals surface area contributed by atoms with Crippen LogP contribution >= 0.6 is 0 Å². The van der Waals surface area contributed by atoms with E-state index in [0.717, 1.165) is 17.5 Å². The van der Waals surface area contributed by atoms with E-state index in [-0.39, 0.29) is 10.6 Å². The summed E-state index contributed by atoms with van der Waals surface area (Å²) in [7, 11) is 3.96. The first-order valence-electron chi connectivity index (χ1n) is 4.73. The fourth-order valence-electron chi connectivity index (χ4n) is 1.70. The molecule has 0 N–H and O–H groups in total. The minimum absolute atomic E-state index is 0.157. The van der Waals surface area contributed by atoms with Crippen molar-refractivity contribution in [2.45, 2.75) is 6.42 Å². The van der Waals surface area contributed by atoms with Gasteiger partial charge in [0.1, 0.15) is 0 Å². The summed E-state index contributed by atoms with van der Waals surface area (Å²) in [6.45, 7) is 0. The van der Waals surface area contributed by atoms with Crippen LogP contribution in [0.15, 0.2) is 23.9 Å². The van der Waals surface area contributed by atoms with E-state index in [2.05, 4.69) is 0 Å². The van der Waals surface area contributed by atoms with Crippen molar-refractivity contribution in [2.75, 3.05) is 14.1 Å². The number of rotatable bonds is 2. The highest BCUT2D eigenvalue weighted by Crippen LogP contribution is 2.28. The van der Waals surface area contributed by atoms with E-state index >= 15 is 0 Å². The van der Waals surface area contributed by atoms with Crippen molar-refractivity contribution in [3.8, 4) is 0 Å². The standard InChI is InChI=1S/C11H12N2O2/c1-12(2)11-5-8-3-4-10(13(14)15)6-9(8)7-11/h3-4,6-7H,5H2,1-2H3. The Morgan fingerprint density at radius 1 is 1.40 bits per heavy atom. The Labute approximate surface area is 88.0 Å². The van der Waals surface area contributed by atoms with Gasteiger partial charge < -0.3 is 4.90 Å². The topological polar surface area (TPSA) is 46.4 Å². The third-order valence-corrected chi connectivity index (χ3v) is 2.61. The SMILES string of the molecule is CN(C)C1=Cc2cc([N+](=O)[O-])ccc2C1. The minimum atomic E-state index is -0.359.